The van der Waals surface area contributed by atoms with Crippen LogP contribution in [0.2, 0.25) is 0 Å². The van der Waals surface area contributed by atoms with Crippen molar-refractivity contribution in [3.05, 3.63) is 96.2 Å². The van der Waals surface area contributed by atoms with Crippen molar-refractivity contribution >= 4 is 11.2 Å². The van der Waals surface area contributed by atoms with E-state index in [9.17, 15) is 4.39 Å². The summed E-state index contributed by atoms with van der Waals surface area (Å²) in [6.45, 7) is 0. The molecule has 0 fully saturated rings. The van der Waals surface area contributed by atoms with E-state index in [1.54, 1.807) is 49.1 Å². The summed E-state index contributed by atoms with van der Waals surface area (Å²) in [6.07, 6.45) is 6.95. The van der Waals surface area contributed by atoms with Crippen molar-refractivity contribution in [3.63, 3.8) is 0 Å². The minimum atomic E-state index is -0.364. The second-order valence-corrected chi connectivity index (χ2v) is 7.85. The third-order valence-electron chi connectivity index (χ3n) is 5.67. The topological polar surface area (TPSA) is 98.9 Å². The third-order valence-corrected chi connectivity index (χ3v) is 5.67. The molecule has 0 aliphatic rings. The van der Waals surface area contributed by atoms with Gasteiger partial charge in [0.05, 0.1) is 22.8 Å². The van der Waals surface area contributed by atoms with Crippen molar-refractivity contribution in [2.75, 3.05) is 0 Å². The van der Waals surface area contributed by atoms with Crippen LogP contribution in [-0.4, -0.2) is 35.1 Å². The summed E-state index contributed by atoms with van der Waals surface area (Å²) in [5, 5.41) is 6.71. The average Bonchev–Trinajstić information content (AvgIpc) is 3.61. The summed E-state index contributed by atoms with van der Waals surface area (Å²) in [4.78, 5) is 19.4. The van der Waals surface area contributed by atoms with E-state index in [-0.39, 0.29) is 11.6 Å². The van der Waals surface area contributed by atoms with Crippen LogP contribution in [0.25, 0.3) is 45.1 Å². The number of aromatic amines is 3. The number of halogens is 2. The van der Waals surface area contributed by atoms with Gasteiger partial charge in [-0.1, -0.05) is 24.3 Å². The number of rotatable bonds is 5. The average molecular weight is 453 g/mol. The van der Waals surface area contributed by atoms with Crippen LogP contribution in [0.1, 0.15) is 11.3 Å². The molecule has 0 aliphatic heterocycles. The van der Waals surface area contributed by atoms with E-state index in [0.717, 1.165) is 11.1 Å². The van der Waals surface area contributed by atoms with Crippen molar-refractivity contribution in [2.24, 2.45) is 0 Å². The van der Waals surface area contributed by atoms with Crippen LogP contribution in [0.5, 0.6) is 0 Å². The number of nitrogens with zero attached hydrogens (tertiary/aromatic N) is 4. The van der Waals surface area contributed by atoms with E-state index in [4.69, 9.17) is 0 Å². The van der Waals surface area contributed by atoms with Crippen molar-refractivity contribution in [3.8, 4) is 33.9 Å². The van der Waals surface area contributed by atoms with E-state index < -0.39 is 0 Å². The van der Waals surface area contributed by atoms with Crippen molar-refractivity contribution in [1.29, 1.82) is 0 Å². The maximum absolute atomic E-state index is 15.1. The Morgan fingerprint density at radius 2 is 1.71 bits per heavy atom. The number of aromatic nitrogens is 7. The number of imidazole rings is 2. The van der Waals surface area contributed by atoms with Crippen LogP contribution in [0.4, 0.5) is 8.78 Å². The quantitative estimate of drug-likeness (QED) is 0.331. The molecular formula is C25H17F2N7. The largest absolute Gasteiger partial charge is 0.341 e. The van der Waals surface area contributed by atoms with Gasteiger partial charge < -0.3 is 9.97 Å². The monoisotopic (exact) mass is 453 g/mol. The molecule has 9 heteroatoms. The highest BCUT2D eigenvalue weighted by molar-refractivity contribution is 5.91. The minimum Gasteiger partial charge on any atom is -0.341 e. The summed E-state index contributed by atoms with van der Waals surface area (Å²) < 4.78 is 29.1. The Bertz CT molecular complexity index is 1620. The lowest BCUT2D eigenvalue weighted by atomic mass is 10.0. The number of pyridine rings is 1. The Morgan fingerprint density at radius 1 is 0.794 bits per heavy atom. The van der Waals surface area contributed by atoms with Gasteiger partial charge in [-0.25, -0.2) is 23.7 Å². The SMILES string of the molecule is Fc1cc(-c2ccnc3nc(-c4cn[nH]c4)[nH]c23)ccc1Cc1cnc(-c2ccccc2F)[nH]1. The predicted molar refractivity (Wildman–Crippen MR) is 124 cm³/mol. The Hall–Kier alpha value is -4.66. The Kier molecular flexibility index (Phi) is 4.72. The lowest BCUT2D eigenvalue weighted by molar-refractivity contribution is 0.614. The molecule has 0 spiro atoms. The first-order valence-electron chi connectivity index (χ1n) is 10.6. The van der Waals surface area contributed by atoms with E-state index in [1.165, 1.54) is 12.1 Å². The molecule has 0 saturated heterocycles. The molecule has 6 rings (SSSR count). The van der Waals surface area contributed by atoms with Gasteiger partial charge in [-0.3, -0.25) is 5.10 Å². The molecule has 34 heavy (non-hydrogen) atoms. The first kappa shape index (κ1) is 20.0. The molecule has 0 bridgehead atoms. The number of hydrogen-bond acceptors (Lipinski definition) is 4. The molecule has 0 aliphatic carbocycles. The van der Waals surface area contributed by atoms with Gasteiger partial charge in [0.15, 0.2) is 5.65 Å². The van der Waals surface area contributed by atoms with Gasteiger partial charge in [0.25, 0.3) is 0 Å². The second-order valence-electron chi connectivity index (χ2n) is 7.85. The lowest BCUT2D eigenvalue weighted by Crippen LogP contribution is -1.95. The molecule has 3 N–H and O–H groups in total. The van der Waals surface area contributed by atoms with E-state index in [1.807, 2.05) is 12.1 Å². The van der Waals surface area contributed by atoms with Crippen molar-refractivity contribution in [1.82, 2.24) is 35.1 Å². The summed E-state index contributed by atoms with van der Waals surface area (Å²) in [7, 11) is 0. The molecule has 7 nitrogen and oxygen atoms in total. The van der Waals surface area contributed by atoms with E-state index >= 15 is 4.39 Å². The number of hydrogen-bond donors (Lipinski definition) is 3. The van der Waals surface area contributed by atoms with Gasteiger partial charge >= 0.3 is 0 Å². The van der Waals surface area contributed by atoms with Crippen LogP contribution >= 0.6 is 0 Å². The van der Waals surface area contributed by atoms with E-state index in [2.05, 4.69) is 35.1 Å². The van der Waals surface area contributed by atoms with Crippen LogP contribution in [0, 0.1) is 11.6 Å². The van der Waals surface area contributed by atoms with Crippen LogP contribution in [0.3, 0.4) is 0 Å². The second kappa shape index (κ2) is 8.04. The number of H-pyrrole nitrogens is 3. The number of nitrogens with one attached hydrogen (secondary N) is 3. The normalized spacial score (nSPS) is 11.4. The zero-order valence-corrected chi connectivity index (χ0v) is 17.7. The maximum atomic E-state index is 15.1. The van der Waals surface area contributed by atoms with Crippen molar-refractivity contribution < 1.29 is 8.78 Å². The molecule has 0 radical (unpaired) electrons. The number of fused-ring (bicyclic) bond motifs is 1. The summed E-state index contributed by atoms with van der Waals surface area (Å²) in [5.74, 6) is 0.332. The van der Waals surface area contributed by atoms with Gasteiger partial charge in [-0.2, -0.15) is 5.10 Å². The molecule has 4 aromatic heterocycles. The molecule has 2 aromatic carbocycles. The standard InChI is InChI=1S/C25H17F2N7/c26-20-4-2-1-3-19(20)24-29-13-17(32-24)9-15-6-5-14(10-21(15)27)18-7-8-28-25-22(18)33-23(34-25)16-11-30-31-12-16/h1-8,10-13H,9H2,(H,29,32)(H,30,31)(H,28,33,34). The van der Waals surface area contributed by atoms with Crippen LogP contribution in [0.15, 0.2) is 73.3 Å². The van der Waals surface area contributed by atoms with Crippen LogP contribution in [-0.2, 0) is 6.42 Å². The number of benzene rings is 2. The Balaban J connectivity index is 1.30. The highest BCUT2D eigenvalue weighted by atomic mass is 19.1. The van der Waals surface area contributed by atoms with Crippen LogP contribution < -0.4 is 0 Å². The molecule has 0 unspecified atom stereocenters. The Morgan fingerprint density at radius 3 is 2.53 bits per heavy atom. The minimum absolute atomic E-state index is 0.300. The van der Waals surface area contributed by atoms with Gasteiger partial charge in [-0.15, -0.1) is 0 Å². The fourth-order valence-electron chi connectivity index (χ4n) is 3.97. The molecule has 0 amide bonds. The van der Waals surface area contributed by atoms with Gasteiger partial charge in [0.2, 0.25) is 0 Å². The summed E-state index contributed by atoms with van der Waals surface area (Å²) in [6, 6.07) is 13.3. The fourth-order valence-corrected chi connectivity index (χ4v) is 3.97. The van der Waals surface area contributed by atoms with Gasteiger partial charge in [-0.05, 0) is 35.4 Å². The first-order valence-corrected chi connectivity index (χ1v) is 10.6. The molecular weight excluding hydrogens is 436 g/mol. The lowest BCUT2D eigenvalue weighted by Gasteiger charge is -2.07. The molecule has 4 heterocycles. The zero-order chi connectivity index (χ0) is 23.1. The molecule has 6 aromatic rings. The third kappa shape index (κ3) is 3.53. The summed E-state index contributed by atoms with van der Waals surface area (Å²) >= 11 is 0. The van der Waals surface area contributed by atoms with E-state index in [0.29, 0.717) is 51.6 Å². The van der Waals surface area contributed by atoms with Gasteiger partial charge in [0.1, 0.15) is 23.3 Å². The first-order chi connectivity index (χ1) is 16.7. The highest BCUT2D eigenvalue weighted by Gasteiger charge is 2.15. The maximum Gasteiger partial charge on any atom is 0.178 e. The predicted octanol–water partition coefficient (Wildman–Crippen LogP) is 5.27. The molecule has 166 valence electrons. The fraction of sp³-hybridized carbons (Fsp3) is 0.0400. The highest BCUT2D eigenvalue weighted by Crippen LogP contribution is 2.30. The van der Waals surface area contributed by atoms with Gasteiger partial charge in [0, 0.05) is 36.3 Å². The molecule has 0 saturated carbocycles. The van der Waals surface area contributed by atoms with Crippen molar-refractivity contribution in [2.45, 2.75) is 6.42 Å². The zero-order valence-electron chi connectivity index (χ0n) is 17.7. The summed E-state index contributed by atoms with van der Waals surface area (Å²) in [5.41, 5.74) is 5.12. The smallest absolute Gasteiger partial charge is 0.178 e. The molecule has 0 atom stereocenters. The Labute approximate surface area is 192 Å².